The summed E-state index contributed by atoms with van der Waals surface area (Å²) in [6.45, 7) is -0.396. The minimum Gasteiger partial charge on any atom is -0.325 e. The zero-order chi connectivity index (χ0) is 24.3. The van der Waals surface area contributed by atoms with Crippen LogP contribution in [0.25, 0.3) is 11.1 Å². The van der Waals surface area contributed by atoms with E-state index in [-0.39, 0.29) is 0 Å². The molecule has 0 unspecified atom stereocenters. The third kappa shape index (κ3) is 4.17. The summed E-state index contributed by atoms with van der Waals surface area (Å²) in [4.78, 5) is 40.4. The van der Waals surface area contributed by atoms with Crippen molar-refractivity contribution in [3.63, 3.8) is 0 Å². The van der Waals surface area contributed by atoms with Gasteiger partial charge in [-0.2, -0.15) is 0 Å². The quantitative estimate of drug-likeness (QED) is 0.406. The molecule has 4 aromatic rings. The Kier molecular flexibility index (Phi) is 5.85. The molecule has 0 bridgehead atoms. The Morgan fingerprint density at radius 2 is 1.17 bits per heavy atom. The topological polar surface area (TPSA) is 78.5 Å². The van der Waals surface area contributed by atoms with Crippen LogP contribution in [0, 0.1) is 0 Å². The number of hydrogen-bond donors (Lipinski definition) is 2. The van der Waals surface area contributed by atoms with Crippen molar-refractivity contribution in [3.05, 3.63) is 126 Å². The summed E-state index contributed by atoms with van der Waals surface area (Å²) in [6, 6.07) is 34.8. The van der Waals surface area contributed by atoms with Crippen LogP contribution in [0.4, 0.5) is 10.5 Å². The second kappa shape index (κ2) is 9.27. The summed E-state index contributed by atoms with van der Waals surface area (Å²) in [6.07, 6.45) is 0. The minimum atomic E-state index is -1.39. The fourth-order valence-electron chi connectivity index (χ4n) is 4.37. The molecule has 5 rings (SSSR count). The van der Waals surface area contributed by atoms with Crippen LogP contribution in [0.3, 0.4) is 0 Å². The van der Waals surface area contributed by atoms with Crippen LogP contribution in [0.2, 0.25) is 0 Å². The molecule has 4 amide bonds. The van der Waals surface area contributed by atoms with Gasteiger partial charge in [-0.25, -0.2) is 4.79 Å². The number of hydrogen-bond acceptors (Lipinski definition) is 3. The average Bonchev–Trinajstić information content (AvgIpc) is 3.16. The van der Waals surface area contributed by atoms with E-state index in [4.69, 9.17) is 0 Å². The molecule has 1 saturated heterocycles. The van der Waals surface area contributed by atoms with Gasteiger partial charge in [-0.1, -0.05) is 103 Å². The monoisotopic (exact) mass is 461 g/mol. The molecule has 0 atom stereocenters. The normalized spacial score (nSPS) is 14.5. The molecule has 1 heterocycles. The van der Waals surface area contributed by atoms with Crippen molar-refractivity contribution >= 4 is 23.5 Å². The van der Waals surface area contributed by atoms with Gasteiger partial charge in [0.05, 0.1) is 0 Å². The van der Waals surface area contributed by atoms with Crippen molar-refractivity contribution in [1.29, 1.82) is 0 Å². The minimum absolute atomic E-state index is 0.396. The Bertz CT molecular complexity index is 1320. The van der Waals surface area contributed by atoms with Crippen molar-refractivity contribution in [2.45, 2.75) is 5.54 Å². The van der Waals surface area contributed by atoms with E-state index in [0.717, 1.165) is 16.0 Å². The van der Waals surface area contributed by atoms with Crippen LogP contribution in [-0.4, -0.2) is 29.3 Å². The van der Waals surface area contributed by atoms with Crippen molar-refractivity contribution in [2.24, 2.45) is 0 Å². The van der Waals surface area contributed by atoms with Crippen LogP contribution in [0.5, 0.6) is 0 Å². The molecule has 0 aromatic heterocycles. The molecule has 1 aliphatic heterocycles. The van der Waals surface area contributed by atoms with Gasteiger partial charge in [0.2, 0.25) is 5.91 Å². The molecule has 1 fully saturated rings. The number of imide groups is 1. The molecule has 4 aromatic carbocycles. The Balaban J connectivity index is 1.36. The van der Waals surface area contributed by atoms with Crippen LogP contribution >= 0.6 is 0 Å². The van der Waals surface area contributed by atoms with Crippen molar-refractivity contribution in [3.8, 4) is 11.1 Å². The molecule has 0 aliphatic carbocycles. The SMILES string of the molecule is O=C(CN1C(=O)NC(c2ccccc2)(c2ccccc2)C1=O)Nc1ccc(-c2ccccc2)cc1. The largest absolute Gasteiger partial charge is 0.326 e. The highest BCUT2D eigenvalue weighted by molar-refractivity contribution is 6.12. The lowest BCUT2D eigenvalue weighted by Gasteiger charge is -2.28. The van der Waals surface area contributed by atoms with Gasteiger partial charge in [0, 0.05) is 5.69 Å². The summed E-state index contributed by atoms with van der Waals surface area (Å²) in [5, 5.41) is 5.63. The summed E-state index contributed by atoms with van der Waals surface area (Å²) in [5.74, 6) is -0.952. The predicted octanol–water partition coefficient (Wildman–Crippen LogP) is 4.79. The van der Waals surface area contributed by atoms with E-state index in [9.17, 15) is 14.4 Å². The van der Waals surface area contributed by atoms with E-state index in [2.05, 4.69) is 10.6 Å². The van der Waals surface area contributed by atoms with Crippen molar-refractivity contribution < 1.29 is 14.4 Å². The molecule has 6 heteroatoms. The standard InChI is InChI=1S/C29H23N3O3/c33-26(30-25-18-16-22(17-19-25)21-10-4-1-5-11-21)20-32-27(34)29(31-28(32)35,23-12-6-2-7-13-23)24-14-8-3-9-15-24/h1-19H,20H2,(H,30,33)(H,31,35). The lowest BCUT2D eigenvalue weighted by atomic mass is 9.82. The van der Waals surface area contributed by atoms with Crippen LogP contribution in [0.1, 0.15) is 11.1 Å². The lowest BCUT2D eigenvalue weighted by Crippen LogP contribution is -2.45. The van der Waals surface area contributed by atoms with E-state index < -0.39 is 29.9 Å². The number of urea groups is 1. The molecule has 0 saturated carbocycles. The van der Waals surface area contributed by atoms with Gasteiger partial charge in [-0.15, -0.1) is 0 Å². The number of amides is 4. The maximum Gasteiger partial charge on any atom is 0.326 e. The summed E-state index contributed by atoms with van der Waals surface area (Å²) in [5.41, 5.74) is 2.54. The van der Waals surface area contributed by atoms with Crippen LogP contribution in [-0.2, 0) is 15.1 Å². The average molecular weight is 462 g/mol. The number of benzene rings is 4. The third-order valence-electron chi connectivity index (χ3n) is 6.10. The Morgan fingerprint density at radius 3 is 1.71 bits per heavy atom. The first kappa shape index (κ1) is 22.1. The number of anilines is 1. The van der Waals surface area contributed by atoms with Gasteiger partial charge in [-0.05, 0) is 34.4 Å². The molecular weight excluding hydrogens is 438 g/mol. The zero-order valence-electron chi connectivity index (χ0n) is 18.8. The summed E-state index contributed by atoms with van der Waals surface area (Å²) in [7, 11) is 0. The van der Waals surface area contributed by atoms with E-state index in [1.165, 1.54) is 0 Å². The van der Waals surface area contributed by atoms with E-state index in [0.29, 0.717) is 16.8 Å². The number of carbonyl (C=O) groups excluding carboxylic acids is 3. The van der Waals surface area contributed by atoms with E-state index in [1.54, 1.807) is 36.4 Å². The second-order valence-corrected chi connectivity index (χ2v) is 8.30. The highest BCUT2D eigenvalue weighted by atomic mass is 16.2. The first-order valence-electron chi connectivity index (χ1n) is 11.3. The molecular formula is C29H23N3O3. The van der Waals surface area contributed by atoms with Gasteiger partial charge in [0.15, 0.2) is 5.54 Å². The number of rotatable bonds is 6. The molecule has 1 aliphatic rings. The van der Waals surface area contributed by atoms with Crippen LogP contribution < -0.4 is 10.6 Å². The third-order valence-corrected chi connectivity index (χ3v) is 6.10. The predicted molar refractivity (Wildman–Crippen MR) is 134 cm³/mol. The zero-order valence-corrected chi connectivity index (χ0v) is 18.8. The highest BCUT2D eigenvalue weighted by Crippen LogP contribution is 2.36. The highest BCUT2D eigenvalue weighted by Gasteiger charge is 2.54. The van der Waals surface area contributed by atoms with E-state index in [1.807, 2.05) is 78.9 Å². The first-order chi connectivity index (χ1) is 17.1. The molecule has 35 heavy (non-hydrogen) atoms. The van der Waals surface area contributed by atoms with Gasteiger partial charge in [-0.3, -0.25) is 14.5 Å². The molecule has 0 spiro atoms. The van der Waals surface area contributed by atoms with Crippen molar-refractivity contribution in [1.82, 2.24) is 10.2 Å². The first-order valence-corrected chi connectivity index (χ1v) is 11.3. The van der Waals surface area contributed by atoms with Crippen molar-refractivity contribution in [2.75, 3.05) is 11.9 Å². The van der Waals surface area contributed by atoms with Gasteiger partial charge in [0.25, 0.3) is 5.91 Å². The van der Waals surface area contributed by atoms with Gasteiger partial charge >= 0.3 is 6.03 Å². The Hall–Kier alpha value is -4.71. The molecule has 172 valence electrons. The number of carbonyl (C=O) groups is 3. The molecule has 0 radical (unpaired) electrons. The Morgan fingerprint density at radius 1 is 0.686 bits per heavy atom. The van der Waals surface area contributed by atoms with Gasteiger partial charge < -0.3 is 10.6 Å². The maximum atomic E-state index is 13.7. The summed E-state index contributed by atoms with van der Waals surface area (Å²) >= 11 is 0. The van der Waals surface area contributed by atoms with E-state index >= 15 is 0 Å². The van der Waals surface area contributed by atoms with Crippen LogP contribution in [0.15, 0.2) is 115 Å². The fraction of sp³-hybridized carbons (Fsp3) is 0.0690. The maximum absolute atomic E-state index is 13.7. The fourth-order valence-corrected chi connectivity index (χ4v) is 4.37. The lowest BCUT2D eigenvalue weighted by molar-refractivity contribution is -0.133. The summed E-state index contributed by atoms with van der Waals surface area (Å²) < 4.78 is 0. The molecule has 2 N–H and O–H groups in total. The second-order valence-electron chi connectivity index (χ2n) is 8.30. The smallest absolute Gasteiger partial charge is 0.325 e. The molecule has 6 nitrogen and oxygen atoms in total. The Labute approximate surface area is 203 Å². The number of nitrogens with zero attached hydrogens (tertiary/aromatic N) is 1. The van der Waals surface area contributed by atoms with Gasteiger partial charge in [0.1, 0.15) is 6.54 Å². The number of nitrogens with one attached hydrogen (secondary N) is 2.